The Balaban J connectivity index is 2.31. The molecular formula is C12H15N3O3. The van der Waals surface area contributed by atoms with Gasteiger partial charge in [-0.2, -0.15) is 0 Å². The second-order valence-corrected chi connectivity index (χ2v) is 3.60. The molecule has 2 rings (SSSR count). The number of hydrogen-bond donors (Lipinski definition) is 1. The van der Waals surface area contributed by atoms with Crippen LogP contribution in [0.2, 0.25) is 0 Å². The third-order valence-electron chi connectivity index (χ3n) is 2.41. The van der Waals surface area contributed by atoms with Crippen LogP contribution in [0, 0.1) is 0 Å². The summed E-state index contributed by atoms with van der Waals surface area (Å²) in [5.74, 6) is -0.178. The molecule has 1 aliphatic heterocycles. The van der Waals surface area contributed by atoms with Crippen LogP contribution in [0.5, 0.6) is 5.88 Å². The summed E-state index contributed by atoms with van der Waals surface area (Å²) in [5, 5.41) is 7.26. The first kappa shape index (κ1) is 12.2. The van der Waals surface area contributed by atoms with Gasteiger partial charge in [-0.25, -0.2) is 9.48 Å². The minimum Gasteiger partial charge on any atom is -0.479 e. The molecule has 0 aromatic carbocycles. The van der Waals surface area contributed by atoms with Crippen molar-refractivity contribution in [3.63, 3.8) is 0 Å². The average molecular weight is 249 g/mol. The van der Waals surface area contributed by atoms with Crippen LogP contribution < -0.4 is 10.1 Å². The number of ether oxygens (including phenoxy) is 2. The maximum Gasteiger partial charge on any atom is 0.345 e. The van der Waals surface area contributed by atoms with E-state index in [1.165, 1.54) is 7.11 Å². The lowest BCUT2D eigenvalue weighted by Crippen LogP contribution is -2.11. The molecule has 0 aliphatic carbocycles. The second-order valence-electron chi connectivity index (χ2n) is 3.60. The largest absolute Gasteiger partial charge is 0.479 e. The number of allylic oxidation sites excluding steroid dienone is 2. The summed E-state index contributed by atoms with van der Waals surface area (Å²) in [6.07, 6.45) is 7.30. The van der Waals surface area contributed by atoms with Crippen LogP contribution >= 0.6 is 0 Å². The molecule has 6 nitrogen and oxygen atoms in total. The zero-order valence-corrected chi connectivity index (χ0v) is 10.3. The summed E-state index contributed by atoms with van der Waals surface area (Å²) in [7, 11) is 1.47. The Morgan fingerprint density at radius 2 is 2.44 bits per heavy atom. The molecule has 0 saturated heterocycles. The summed E-state index contributed by atoms with van der Waals surface area (Å²) >= 11 is 0. The highest BCUT2D eigenvalue weighted by Crippen LogP contribution is 2.20. The molecule has 1 aliphatic rings. The Bertz CT molecular complexity index is 503. The summed E-state index contributed by atoms with van der Waals surface area (Å²) in [5.41, 5.74) is 1.15. The van der Waals surface area contributed by atoms with Gasteiger partial charge in [0.1, 0.15) is 5.56 Å². The van der Waals surface area contributed by atoms with Gasteiger partial charge in [0.15, 0.2) is 0 Å². The molecule has 0 bridgehead atoms. The Morgan fingerprint density at radius 1 is 1.61 bits per heavy atom. The lowest BCUT2D eigenvalue weighted by Gasteiger charge is -2.07. The number of nitrogens with zero attached hydrogens (tertiary/aromatic N) is 2. The van der Waals surface area contributed by atoms with Crippen molar-refractivity contribution in [2.75, 3.05) is 20.3 Å². The molecule has 96 valence electrons. The van der Waals surface area contributed by atoms with Crippen molar-refractivity contribution in [2.45, 2.75) is 6.92 Å². The molecule has 6 heteroatoms. The van der Waals surface area contributed by atoms with Crippen LogP contribution in [0.25, 0.3) is 5.70 Å². The Hall–Kier alpha value is -2.24. The van der Waals surface area contributed by atoms with E-state index in [2.05, 4.69) is 10.4 Å². The maximum atomic E-state index is 11.7. The Kier molecular flexibility index (Phi) is 3.66. The van der Waals surface area contributed by atoms with E-state index in [-0.39, 0.29) is 5.88 Å². The van der Waals surface area contributed by atoms with Crippen molar-refractivity contribution in [3.8, 4) is 5.88 Å². The van der Waals surface area contributed by atoms with Crippen LogP contribution in [0.1, 0.15) is 17.3 Å². The molecule has 0 fully saturated rings. The molecular weight excluding hydrogens is 234 g/mol. The minimum absolute atomic E-state index is 0.258. The molecule has 0 spiro atoms. The first-order chi connectivity index (χ1) is 8.76. The van der Waals surface area contributed by atoms with E-state index < -0.39 is 5.97 Å². The molecule has 2 heterocycles. The lowest BCUT2D eigenvalue weighted by atomic mass is 10.3. The fourth-order valence-electron chi connectivity index (χ4n) is 1.59. The molecule has 0 atom stereocenters. The number of nitrogens with one attached hydrogen (secondary N) is 1. The molecule has 0 unspecified atom stereocenters. The zero-order valence-electron chi connectivity index (χ0n) is 10.3. The van der Waals surface area contributed by atoms with Crippen LogP contribution in [0.4, 0.5) is 0 Å². The topological polar surface area (TPSA) is 65.4 Å². The summed E-state index contributed by atoms with van der Waals surface area (Å²) in [4.78, 5) is 11.7. The normalized spacial score (nSPS) is 13.8. The first-order valence-electron chi connectivity index (χ1n) is 5.67. The third-order valence-corrected chi connectivity index (χ3v) is 2.41. The molecule has 1 aromatic rings. The first-order valence-corrected chi connectivity index (χ1v) is 5.67. The highest BCUT2D eigenvalue weighted by molar-refractivity contribution is 5.92. The van der Waals surface area contributed by atoms with Crippen LogP contribution in [0.15, 0.2) is 24.5 Å². The van der Waals surface area contributed by atoms with Crippen LogP contribution in [-0.4, -0.2) is 36.0 Å². The molecule has 18 heavy (non-hydrogen) atoms. The quantitative estimate of drug-likeness (QED) is 0.807. The maximum absolute atomic E-state index is 11.7. The molecule has 0 amide bonds. The molecule has 0 radical (unpaired) electrons. The SMILES string of the molecule is CCOC(=O)c1cn(C2=CNCC=C2)nc1OC. The fraction of sp³-hybridized carbons (Fsp3) is 0.333. The van der Waals surface area contributed by atoms with E-state index in [1.54, 1.807) is 17.8 Å². The van der Waals surface area contributed by atoms with Gasteiger partial charge in [0.25, 0.3) is 0 Å². The standard InChI is InChI=1S/C12H15N3O3/c1-3-18-12(16)10-8-15(14-11(10)17-2)9-5-4-6-13-7-9/h4-5,7-8,13H,3,6H2,1-2H3. The number of carbonyl (C=O) groups is 1. The van der Waals surface area contributed by atoms with Crippen molar-refractivity contribution >= 4 is 11.7 Å². The fourth-order valence-corrected chi connectivity index (χ4v) is 1.59. The van der Waals surface area contributed by atoms with Crippen molar-refractivity contribution < 1.29 is 14.3 Å². The van der Waals surface area contributed by atoms with Crippen molar-refractivity contribution in [1.29, 1.82) is 0 Å². The smallest absolute Gasteiger partial charge is 0.345 e. The number of rotatable bonds is 4. The van der Waals surface area contributed by atoms with Gasteiger partial charge in [-0.05, 0) is 13.0 Å². The highest BCUT2D eigenvalue weighted by atomic mass is 16.5. The number of aromatic nitrogens is 2. The third kappa shape index (κ3) is 2.37. The van der Waals surface area contributed by atoms with Crippen LogP contribution in [-0.2, 0) is 4.74 Å². The van der Waals surface area contributed by atoms with Gasteiger partial charge in [-0.15, -0.1) is 5.10 Å². The summed E-state index contributed by atoms with van der Waals surface area (Å²) < 4.78 is 11.6. The van der Waals surface area contributed by atoms with E-state index in [1.807, 2.05) is 18.4 Å². The van der Waals surface area contributed by atoms with Crippen molar-refractivity contribution in [3.05, 3.63) is 30.1 Å². The van der Waals surface area contributed by atoms with E-state index in [4.69, 9.17) is 9.47 Å². The highest BCUT2D eigenvalue weighted by Gasteiger charge is 2.19. The molecule has 0 saturated carbocycles. The van der Waals surface area contributed by atoms with Gasteiger partial charge in [0.2, 0.25) is 5.88 Å². The number of hydrogen-bond acceptors (Lipinski definition) is 5. The van der Waals surface area contributed by atoms with Gasteiger partial charge < -0.3 is 14.8 Å². The van der Waals surface area contributed by atoms with E-state index >= 15 is 0 Å². The minimum atomic E-state index is -0.436. The number of esters is 1. The van der Waals surface area contributed by atoms with Gasteiger partial charge >= 0.3 is 5.97 Å². The average Bonchev–Trinajstić information content (AvgIpc) is 2.84. The van der Waals surface area contributed by atoms with Gasteiger partial charge in [0.05, 0.1) is 19.4 Å². The molecule has 1 aromatic heterocycles. The lowest BCUT2D eigenvalue weighted by molar-refractivity contribution is 0.0522. The zero-order chi connectivity index (χ0) is 13.0. The molecule has 1 N–H and O–H groups in total. The van der Waals surface area contributed by atoms with Gasteiger partial charge in [0, 0.05) is 18.9 Å². The number of dihydropyridines is 1. The van der Waals surface area contributed by atoms with Gasteiger partial charge in [-0.1, -0.05) is 6.08 Å². The predicted octanol–water partition coefficient (Wildman–Crippen LogP) is 1.03. The Labute approximate surface area is 105 Å². The van der Waals surface area contributed by atoms with Crippen molar-refractivity contribution in [2.24, 2.45) is 0 Å². The Morgan fingerprint density at radius 3 is 3.06 bits per heavy atom. The monoisotopic (exact) mass is 249 g/mol. The number of carbonyl (C=O) groups excluding carboxylic acids is 1. The van der Waals surface area contributed by atoms with Gasteiger partial charge in [-0.3, -0.25) is 0 Å². The second kappa shape index (κ2) is 5.39. The van der Waals surface area contributed by atoms with E-state index in [0.717, 1.165) is 12.2 Å². The number of methoxy groups -OCH3 is 1. The summed E-state index contributed by atoms with van der Waals surface area (Å²) in [6.45, 7) is 2.86. The van der Waals surface area contributed by atoms with Crippen LogP contribution in [0.3, 0.4) is 0 Å². The van der Waals surface area contributed by atoms with E-state index in [0.29, 0.717) is 12.2 Å². The predicted molar refractivity (Wildman–Crippen MR) is 66.2 cm³/mol. The van der Waals surface area contributed by atoms with Crippen molar-refractivity contribution in [1.82, 2.24) is 15.1 Å². The summed E-state index contributed by atoms with van der Waals surface area (Å²) in [6, 6.07) is 0. The van der Waals surface area contributed by atoms with E-state index in [9.17, 15) is 4.79 Å².